The van der Waals surface area contributed by atoms with Crippen LogP contribution in [0.5, 0.6) is 0 Å². The van der Waals surface area contributed by atoms with Gasteiger partial charge in [0.2, 0.25) is 5.91 Å². The first-order chi connectivity index (χ1) is 9.60. The number of aryl methyl sites for hydroxylation is 1. The molecule has 0 saturated carbocycles. The molecular formula is C13H13N5O2. The molecule has 0 spiro atoms. The highest BCUT2D eigenvalue weighted by Gasteiger charge is 2.07. The Bertz CT molecular complexity index is 774. The van der Waals surface area contributed by atoms with Gasteiger partial charge in [0.1, 0.15) is 12.1 Å². The molecule has 0 fully saturated rings. The van der Waals surface area contributed by atoms with Crippen molar-refractivity contribution in [2.75, 3.05) is 11.1 Å². The van der Waals surface area contributed by atoms with Crippen molar-refractivity contribution in [3.8, 4) is 0 Å². The molecule has 3 N–H and O–H groups in total. The number of amides is 1. The second kappa shape index (κ2) is 4.69. The second-order valence-electron chi connectivity index (χ2n) is 4.43. The maximum Gasteiger partial charge on any atom is 0.246 e. The summed E-state index contributed by atoms with van der Waals surface area (Å²) < 4.78 is 6.85. The van der Waals surface area contributed by atoms with E-state index in [9.17, 15) is 4.79 Å². The van der Waals surface area contributed by atoms with Gasteiger partial charge in [-0.05, 0) is 18.2 Å². The van der Waals surface area contributed by atoms with Crippen LogP contribution in [0.4, 0.5) is 11.4 Å². The van der Waals surface area contributed by atoms with E-state index < -0.39 is 0 Å². The number of hydrogen-bond acceptors (Lipinski definition) is 5. The van der Waals surface area contributed by atoms with Gasteiger partial charge in [-0.15, -0.1) is 0 Å². The van der Waals surface area contributed by atoms with Crippen LogP contribution in [0.2, 0.25) is 0 Å². The summed E-state index contributed by atoms with van der Waals surface area (Å²) in [5.41, 5.74) is 8.13. The zero-order valence-electron chi connectivity index (χ0n) is 10.8. The van der Waals surface area contributed by atoms with E-state index in [1.807, 2.05) is 0 Å². The van der Waals surface area contributed by atoms with Crippen molar-refractivity contribution < 1.29 is 9.21 Å². The highest BCUT2D eigenvalue weighted by atomic mass is 16.3. The summed E-state index contributed by atoms with van der Waals surface area (Å²) >= 11 is 0. The summed E-state index contributed by atoms with van der Waals surface area (Å²) in [7, 11) is 0. The molecule has 1 amide bonds. The Morgan fingerprint density at radius 1 is 1.50 bits per heavy atom. The number of hydrogen-bond donors (Lipinski definition) is 2. The van der Waals surface area contributed by atoms with Crippen molar-refractivity contribution >= 4 is 28.4 Å². The van der Waals surface area contributed by atoms with E-state index in [0.29, 0.717) is 28.4 Å². The van der Waals surface area contributed by atoms with Crippen molar-refractivity contribution in [1.82, 2.24) is 14.8 Å². The number of nitrogens with one attached hydrogen (secondary N) is 1. The molecule has 1 aromatic carbocycles. The number of anilines is 2. The number of rotatable bonds is 3. The fraction of sp³-hybridized carbons (Fsp3) is 0.154. The van der Waals surface area contributed by atoms with Crippen molar-refractivity contribution in [3.63, 3.8) is 0 Å². The van der Waals surface area contributed by atoms with Crippen LogP contribution in [0.3, 0.4) is 0 Å². The number of nitrogens with two attached hydrogens (primary N) is 1. The quantitative estimate of drug-likeness (QED) is 0.753. The predicted molar refractivity (Wildman–Crippen MR) is 74.0 cm³/mol. The summed E-state index contributed by atoms with van der Waals surface area (Å²) in [4.78, 5) is 16.1. The number of carbonyl (C=O) groups excluding carboxylic acids is 1. The lowest BCUT2D eigenvalue weighted by molar-refractivity contribution is -0.116. The van der Waals surface area contributed by atoms with Gasteiger partial charge < -0.3 is 15.5 Å². The van der Waals surface area contributed by atoms with E-state index in [1.165, 1.54) is 10.9 Å². The minimum Gasteiger partial charge on any atom is -0.441 e. The number of oxazole rings is 1. The van der Waals surface area contributed by atoms with E-state index in [4.69, 9.17) is 10.2 Å². The van der Waals surface area contributed by atoms with Crippen LogP contribution in [0, 0.1) is 6.92 Å². The Balaban J connectivity index is 1.73. The monoisotopic (exact) mass is 271 g/mol. The molecule has 3 rings (SSSR count). The molecule has 3 aromatic rings. The van der Waals surface area contributed by atoms with Gasteiger partial charge in [-0.2, -0.15) is 5.10 Å². The molecule has 7 heteroatoms. The highest BCUT2D eigenvalue weighted by molar-refractivity contribution is 5.92. The first kappa shape index (κ1) is 12.2. The molecule has 102 valence electrons. The molecule has 2 heterocycles. The molecule has 0 aliphatic carbocycles. The lowest BCUT2D eigenvalue weighted by Crippen LogP contribution is -2.18. The Kier molecular flexibility index (Phi) is 2.86. The highest BCUT2D eigenvalue weighted by Crippen LogP contribution is 2.19. The van der Waals surface area contributed by atoms with Crippen molar-refractivity contribution in [3.05, 3.63) is 36.5 Å². The maximum absolute atomic E-state index is 11.9. The average molecular weight is 271 g/mol. The van der Waals surface area contributed by atoms with Gasteiger partial charge in [0.15, 0.2) is 11.5 Å². The van der Waals surface area contributed by atoms with Crippen LogP contribution in [0.15, 0.2) is 35.0 Å². The summed E-state index contributed by atoms with van der Waals surface area (Å²) in [6.45, 7) is 1.88. The van der Waals surface area contributed by atoms with Crippen molar-refractivity contribution in [1.29, 1.82) is 0 Å². The van der Waals surface area contributed by atoms with Crippen molar-refractivity contribution in [2.45, 2.75) is 13.5 Å². The Labute approximate surface area is 114 Å². The average Bonchev–Trinajstić information content (AvgIpc) is 2.93. The second-order valence-corrected chi connectivity index (χ2v) is 4.43. The van der Waals surface area contributed by atoms with Crippen LogP contribution < -0.4 is 11.1 Å². The summed E-state index contributed by atoms with van der Waals surface area (Å²) in [5.74, 6) is 0.406. The zero-order valence-corrected chi connectivity index (χ0v) is 10.8. The molecule has 7 nitrogen and oxygen atoms in total. The van der Waals surface area contributed by atoms with Crippen molar-refractivity contribution in [2.24, 2.45) is 0 Å². The van der Waals surface area contributed by atoms with Crippen LogP contribution in [-0.4, -0.2) is 20.7 Å². The first-order valence-corrected chi connectivity index (χ1v) is 6.05. The van der Waals surface area contributed by atoms with E-state index in [-0.39, 0.29) is 12.5 Å². The van der Waals surface area contributed by atoms with E-state index >= 15 is 0 Å². The van der Waals surface area contributed by atoms with Gasteiger partial charge in [0.25, 0.3) is 0 Å². The number of carbonyl (C=O) groups is 1. The molecule has 0 bridgehead atoms. The number of aromatic nitrogens is 3. The van der Waals surface area contributed by atoms with Gasteiger partial charge in [-0.25, -0.2) is 4.98 Å². The van der Waals surface area contributed by atoms with Gasteiger partial charge in [-0.3, -0.25) is 9.48 Å². The lowest BCUT2D eigenvalue weighted by atomic mass is 10.3. The molecule has 0 unspecified atom stereocenters. The number of nitrogens with zero attached hydrogens (tertiary/aromatic N) is 3. The van der Waals surface area contributed by atoms with E-state index in [0.717, 1.165) is 0 Å². The lowest BCUT2D eigenvalue weighted by Gasteiger charge is -2.04. The first-order valence-electron chi connectivity index (χ1n) is 6.05. The third-order valence-corrected chi connectivity index (χ3v) is 2.74. The molecular weight excluding hydrogens is 258 g/mol. The normalized spacial score (nSPS) is 10.8. The number of benzene rings is 1. The molecule has 2 aromatic heterocycles. The molecule has 0 aliphatic rings. The third kappa shape index (κ3) is 2.46. The minimum atomic E-state index is -0.187. The summed E-state index contributed by atoms with van der Waals surface area (Å²) in [5, 5.41) is 6.73. The van der Waals surface area contributed by atoms with Crippen LogP contribution in [-0.2, 0) is 11.3 Å². The summed E-state index contributed by atoms with van der Waals surface area (Å²) in [6.07, 6.45) is 3.10. The number of fused-ring (bicyclic) bond motifs is 1. The Hall–Kier alpha value is -2.83. The SMILES string of the molecule is Cc1nc2cc(NC(=O)Cn3cc(N)cn3)ccc2o1. The topological polar surface area (TPSA) is 99.0 Å². The predicted octanol–water partition coefficient (Wildman–Crippen LogP) is 1.55. The molecule has 0 radical (unpaired) electrons. The summed E-state index contributed by atoms with van der Waals surface area (Å²) in [6, 6.07) is 5.31. The molecule has 0 aliphatic heterocycles. The molecule has 0 saturated heterocycles. The van der Waals surface area contributed by atoms with Crippen LogP contribution in [0.25, 0.3) is 11.1 Å². The fourth-order valence-corrected chi connectivity index (χ4v) is 1.93. The van der Waals surface area contributed by atoms with Crippen LogP contribution in [0.1, 0.15) is 5.89 Å². The molecule has 20 heavy (non-hydrogen) atoms. The Morgan fingerprint density at radius 3 is 3.10 bits per heavy atom. The van der Waals surface area contributed by atoms with E-state index in [1.54, 1.807) is 31.3 Å². The maximum atomic E-state index is 11.9. The zero-order chi connectivity index (χ0) is 14.1. The standard InChI is InChI=1S/C13H13N5O2/c1-8-16-11-4-10(2-3-12(11)20-8)17-13(19)7-18-6-9(14)5-15-18/h2-6H,7,14H2,1H3,(H,17,19). The van der Waals surface area contributed by atoms with Crippen LogP contribution >= 0.6 is 0 Å². The van der Waals surface area contributed by atoms with Gasteiger partial charge in [0.05, 0.1) is 11.9 Å². The van der Waals surface area contributed by atoms with Gasteiger partial charge >= 0.3 is 0 Å². The fourth-order valence-electron chi connectivity index (χ4n) is 1.93. The largest absolute Gasteiger partial charge is 0.441 e. The molecule has 0 atom stereocenters. The third-order valence-electron chi connectivity index (χ3n) is 2.74. The Morgan fingerprint density at radius 2 is 2.35 bits per heavy atom. The van der Waals surface area contributed by atoms with E-state index in [2.05, 4.69) is 15.4 Å². The number of nitrogen functional groups attached to an aromatic ring is 1. The van der Waals surface area contributed by atoms with Gasteiger partial charge in [0, 0.05) is 18.8 Å². The van der Waals surface area contributed by atoms with Gasteiger partial charge in [-0.1, -0.05) is 0 Å². The minimum absolute atomic E-state index is 0.104. The smallest absolute Gasteiger partial charge is 0.246 e.